The number of esters is 1. The zero-order valence-corrected chi connectivity index (χ0v) is 19.8. The van der Waals surface area contributed by atoms with E-state index in [1.807, 2.05) is 55.5 Å². The molecule has 168 valence electrons. The number of aromatic nitrogens is 1. The van der Waals surface area contributed by atoms with Crippen LogP contribution < -0.4 is 0 Å². The molecule has 3 aromatic rings. The van der Waals surface area contributed by atoms with Crippen molar-refractivity contribution in [3.8, 4) is 0 Å². The Morgan fingerprint density at radius 3 is 2.47 bits per heavy atom. The number of hydrogen-bond acceptors (Lipinski definition) is 5. The van der Waals surface area contributed by atoms with Crippen LogP contribution in [0.3, 0.4) is 0 Å². The number of ether oxygens (including phenoxy) is 1. The van der Waals surface area contributed by atoms with E-state index in [9.17, 15) is 14.4 Å². The van der Waals surface area contributed by atoms with Crippen molar-refractivity contribution in [1.82, 2.24) is 4.57 Å². The molecule has 0 aliphatic heterocycles. The summed E-state index contributed by atoms with van der Waals surface area (Å²) in [5.74, 6) is -0.125. The Morgan fingerprint density at radius 2 is 1.81 bits per heavy atom. The fourth-order valence-corrected chi connectivity index (χ4v) is 4.77. The van der Waals surface area contributed by atoms with Crippen LogP contribution in [0.2, 0.25) is 0 Å². The van der Waals surface area contributed by atoms with Crippen LogP contribution in [-0.2, 0) is 27.3 Å². The maximum absolute atomic E-state index is 12.8. The van der Waals surface area contributed by atoms with Crippen molar-refractivity contribution in [3.63, 3.8) is 0 Å². The number of rotatable bonds is 11. The molecular formula is C25H26ClNO4S. The highest BCUT2D eigenvalue weighted by atomic mass is 35.5. The van der Waals surface area contributed by atoms with Gasteiger partial charge in [-0.05, 0) is 60.9 Å². The number of hydrogen-bond donors (Lipinski definition) is 0. The van der Waals surface area contributed by atoms with Crippen LogP contribution in [0.5, 0.6) is 0 Å². The summed E-state index contributed by atoms with van der Waals surface area (Å²) in [4.78, 5) is 37.0. The molecule has 7 heteroatoms. The predicted molar refractivity (Wildman–Crippen MR) is 129 cm³/mol. The monoisotopic (exact) mass is 471 g/mol. The Morgan fingerprint density at radius 1 is 1.06 bits per heavy atom. The number of halogens is 1. The van der Waals surface area contributed by atoms with Crippen molar-refractivity contribution in [1.29, 1.82) is 0 Å². The quantitative estimate of drug-likeness (QED) is 0.0904. The van der Waals surface area contributed by atoms with E-state index in [1.54, 1.807) is 18.7 Å². The molecule has 1 aromatic heterocycles. The van der Waals surface area contributed by atoms with Gasteiger partial charge in [-0.25, -0.2) is 0 Å². The lowest BCUT2D eigenvalue weighted by Gasteiger charge is -2.11. The van der Waals surface area contributed by atoms with Gasteiger partial charge in [-0.1, -0.05) is 37.3 Å². The molecule has 0 fully saturated rings. The zero-order chi connectivity index (χ0) is 23.1. The lowest BCUT2D eigenvalue weighted by Crippen LogP contribution is -2.12. The lowest BCUT2D eigenvalue weighted by atomic mass is 10.1. The van der Waals surface area contributed by atoms with E-state index in [1.165, 1.54) is 0 Å². The van der Waals surface area contributed by atoms with Crippen LogP contribution in [-0.4, -0.2) is 33.9 Å². The van der Waals surface area contributed by atoms with Gasteiger partial charge in [0, 0.05) is 34.5 Å². The Labute approximate surface area is 197 Å². The number of carbonyl (C=O) groups is 3. The Kier molecular flexibility index (Phi) is 8.53. The number of Topliss-reactive ketones (excluding diaryl/α,β-unsaturated/α-hetero) is 1. The van der Waals surface area contributed by atoms with Crippen molar-refractivity contribution < 1.29 is 19.1 Å². The largest absolute Gasteiger partial charge is 0.466 e. The van der Waals surface area contributed by atoms with E-state index in [2.05, 4.69) is 4.57 Å². The molecule has 0 saturated heterocycles. The Hall–Kier alpha value is -2.57. The number of ketones is 1. The molecule has 0 N–H and O–H groups in total. The minimum atomic E-state index is -0.981. The number of thioether (sulfide) groups is 1. The molecule has 3 rings (SSSR count). The van der Waals surface area contributed by atoms with Gasteiger partial charge in [-0.3, -0.25) is 14.4 Å². The third-order valence-corrected chi connectivity index (χ3v) is 6.42. The average molecular weight is 472 g/mol. The SMILES string of the molecule is CCOC(=O)CCCSc1ccc2c(c1)c(C(=O)C(=O)Cl)c(CC)n2Cc1ccccc1. The number of fused-ring (bicyclic) bond motifs is 1. The van der Waals surface area contributed by atoms with Gasteiger partial charge in [-0.15, -0.1) is 11.8 Å². The van der Waals surface area contributed by atoms with Gasteiger partial charge in [0.25, 0.3) is 5.24 Å². The van der Waals surface area contributed by atoms with E-state index >= 15 is 0 Å². The van der Waals surface area contributed by atoms with Crippen molar-refractivity contribution in [2.75, 3.05) is 12.4 Å². The normalized spacial score (nSPS) is 11.0. The zero-order valence-electron chi connectivity index (χ0n) is 18.2. The molecular weight excluding hydrogens is 446 g/mol. The summed E-state index contributed by atoms with van der Waals surface area (Å²) in [5, 5.41) is -0.252. The van der Waals surface area contributed by atoms with Gasteiger partial charge >= 0.3 is 5.97 Å². The fourth-order valence-electron chi connectivity index (χ4n) is 3.78. The van der Waals surface area contributed by atoms with Gasteiger partial charge < -0.3 is 9.30 Å². The second-order valence-corrected chi connectivity index (χ2v) is 8.80. The van der Waals surface area contributed by atoms with Gasteiger partial charge in [0.2, 0.25) is 5.78 Å². The molecule has 0 amide bonds. The topological polar surface area (TPSA) is 65.4 Å². The summed E-state index contributed by atoms with van der Waals surface area (Å²) in [6, 6.07) is 15.9. The molecule has 0 atom stereocenters. The molecule has 0 spiro atoms. The van der Waals surface area contributed by atoms with Crippen LogP contribution in [0.4, 0.5) is 0 Å². The summed E-state index contributed by atoms with van der Waals surface area (Å²) in [6.07, 6.45) is 1.67. The number of benzene rings is 2. The van der Waals surface area contributed by atoms with Crippen LogP contribution in [0.15, 0.2) is 53.4 Å². The maximum atomic E-state index is 12.8. The molecule has 0 saturated carbocycles. The highest BCUT2D eigenvalue weighted by Gasteiger charge is 2.25. The molecule has 0 aliphatic carbocycles. The van der Waals surface area contributed by atoms with Gasteiger partial charge in [-0.2, -0.15) is 0 Å². The first kappa shape index (κ1) is 24.1. The van der Waals surface area contributed by atoms with Gasteiger partial charge in [0.05, 0.1) is 12.2 Å². The molecule has 0 bridgehead atoms. The second-order valence-electron chi connectivity index (χ2n) is 7.29. The third kappa shape index (κ3) is 5.61. The van der Waals surface area contributed by atoms with Crippen LogP contribution >= 0.6 is 23.4 Å². The summed E-state index contributed by atoms with van der Waals surface area (Å²) >= 11 is 7.22. The van der Waals surface area contributed by atoms with Gasteiger partial charge in [0.1, 0.15) is 0 Å². The summed E-state index contributed by atoms with van der Waals surface area (Å²) in [5.41, 5.74) is 3.18. The first-order valence-electron chi connectivity index (χ1n) is 10.7. The molecule has 0 aliphatic rings. The van der Waals surface area contributed by atoms with Crippen molar-refractivity contribution in [3.05, 3.63) is 65.4 Å². The van der Waals surface area contributed by atoms with Crippen molar-refractivity contribution >= 4 is 51.3 Å². The molecule has 0 unspecified atom stereocenters. The number of nitrogens with zero attached hydrogens (tertiary/aromatic N) is 1. The lowest BCUT2D eigenvalue weighted by molar-refractivity contribution is -0.143. The molecule has 1 heterocycles. The van der Waals surface area contributed by atoms with Crippen LogP contribution in [0, 0.1) is 0 Å². The van der Waals surface area contributed by atoms with Crippen molar-refractivity contribution in [2.45, 2.75) is 44.6 Å². The number of carbonyl (C=O) groups excluding carboxylic acids is 3. The van der Waals surface area contributed by atoms with E-state index in [-0.39, 0.29) is 5.97 Å². The van der Waals surface area contributed by atoms with E-state index in [0.717, 1.165) is 32.8 Å². The highest BCUT2D eigenvalue weighted by molar-refractivity contribution is 7.99. The molecule has 2 aromatic carbocycles. The van der Waals surface area contributed by atoms with E-state index in [4.69, 9.17) is 16.3 Å². The van der Waals surface area contributed by atoms with Crippen LogP contribution in [0.25, 0.3) is 10.9 Å². The Balaban J connectivity index is 1.95. The van der Waals surface area contributed by atoms with Crippen molar-refractivity contribution in [2.24, 2.45) is 0 Å². The van der Waals surface area contributed by atoms with E-state index < -0.39 is 11.0 Å². The minimum Gasteiger partial charge on any atom is -0.466 e. The highest BCUT2D eigenvalue weighted by Crippen LogP contribution is 2.32. The second kappa shape index (κ2) is 11.3. The van der Waals surface area contributed by atoms with Gasteiger partial charge in [0.15, 0.2) is 0 Å². The average Bonchev–Trinajstić information content (AvgIpc) is 3.09. The fraction of sp³-hybridized carbons (Fsp3) is 0.320. The predicted octanol–water partition coefficient (Wildman–Crippen LogP) is 5.64. The summed E-state index contributed by atoms with van der Waals surface area (Å²) in [7, 11) is 0. The smallest absolute Gasteiger partial charge is 0.305 e. The molecule has 0 radical (unpaired) electrons. The Bertz CT molecular complexity index is 1120. The first-order valence-corrected chi connectivity index (χ1v) is 12.0. The summed E-state index contributed by atoms with van der Waals surface area (Å²) < 4.78 is 7.05. The standard InChI is InChI=1S/C25H26ClNO4S/c1-3-20-23(24(29)25(26)30)19-15-18(32-14-8-11-22(28)31-4-2)12-13-21(19)27(20)16-17-9-6-5-7-10-17/h5-7,9-10,12-13,15H,3-4,8,11,14,16H2,1-2H3. The summed E-state index contributed by atoms with van der Waals surface area (Å²) in [6.45, 7) is 4.74. The minimum absolute atomic E-state index is 0.192. The van der Waals surface area contributed by atoms with E-state index in [0.29, 0.717) is 38.0 Å². The maximum Gasteiger partial charge on any atom is 0.305 e. The first-order chi connectivity index (χ1) is 15.5. The molecule has 32 heavy (non-hydrogen) atoms. The van der Waals surface area contributed by atoms with Crippen LogP contribution in [0.1, 0.15) is 48.3 Å². The molecule has 5 nitrogen and oxygen atoms in total. The third-order valence-electron chi connectivity index (χ3n) is 5.17.